The SMILES string of the molecule is CNC1COCC1C(=O)N1CCOC(C)(C)C1. The molecule has 2 aliphatic rings. The van der Waals surface area contributed by atoms with Gasteiger partial charge in [0.05, 0.1) is 31.3 Å². The third kappa shape index (κ3) is 2.78. The first-order valence-corrected chi connectivity index (χ1v) is 6.21. The van der Waals surface area contributed by atoms with Crippen LogP contribution in [0.4, 0.5) is 0 Å². The van der Waals surface area contributed by atoms with Gasteiger partial charge in [-0.15, -0.1) is 0 Å². The van der Waals surface area contributed by atoms with Gasteiger partial charge >= 0.3 is 0 Å². The van der Waals surface area contributed by atoms with E-state index in [0.29, 0.717) is 32.9 Å². The molecule has 1 N–H and O–H groups in total. The molecule has 1 amide bonds. The number of hydrogen-bond acceptors (Lipinski definition) is 4. The molecule has 2 atom stereocenters. The van der Waals surface area contributed by atoms with Crippen LogP contribution in [0.25, 0.3) is 0 Å². The highest BCUT2D eigenvalue weighted by atomic mass is 16.5. The lowest BCUT2D eigenvalue weighted by Crippen LogP contribution is -2.54. The van der Waals surface area contributed by atoms with Crippen LogP contribution in [0.3, 0.4) is 0 Å². The first-order valence-electron chi connectivity index (χ1n) is 6.21. The predicted molar refractivity (Wildman–Crippen MR) is 63.8 cm³/mol. The molecule has 2 heterocycles. The van der Waals surface area contributed by atoms with E-state index in [0.717, 1.165) is 0 Å². The minimum atomic E-state index is -0.234. The van der Waals surface area contributed by atoms with Gasteiger partial charge in [0.25, 0.3) is 0 Å². The van der Waals surface area contributed by atoms with Crippen molar-refractivity contribution in [1.82, 2.24) is 10.2 Å². The molecule has 0 saturated carbocycles. The number of likely N-dealkylation sites (N-methyl/N-ethyl adjacent to an activating group) is 1. The summed E-state index contributed by atoms with van der Waals surface area (Å²) in [6, 6.07) is 0.147. The van der Waals surface area contributed by atoms with Gasteiger partial charge in [0.15, 0.2) is 0 Å². The molecule has 2 saturated heterocycles. The third-order valence-electron chi connectivity index (χ3n) is 3.51. The average molecular weight is 242 g/mol. The Morgan fingerprint density at radius 2 is 2.18 bits per heavy atom. The Hall–Kier alpha value is -0.650. The summed E-state index contributed by atoms with van der Waals surface area (Å²) in [5.74, 6) is 0.145. The fourth-order valence-corrected chi connectivity index (χ4v) is 2.52. The van der Waals surface area contributed by atoms with Crippen molar-refractivity contribution in [1.29, 1.82) is 0 Å². The Morgan fingerprint density at radius 3 is 2.82 bits per heavy atom. The van der Waals surface area contributed by atoms with E-state index >= 15 is 0 Å². The molecule has 0 aliphatic carbocycles. The second kappa shape index (κ2) is 4.92. The minimum Gasteiger partial charge on any atom is -0.379 e. The third-order valence-corrected chi connectivity index (χ3v) is 3.51. The highest BCUT2D eigenvalue weighted by Gasteiger charge is 2.38. The van der Waals surface area contributed by atoms with E-state index in [1.807, 2.05) is 25.8 Å². The van der Waals surface area contributed by atoms with Crippen molar-refractivity contribution < 1.29 is 14.3 Å². The van der Waals surface area contributed by atoms with Gasteiger partial charge in [0.1, 0.15) is 0 Å². The van der Waals surface area contributed by atoms with Crippen molar-refractivity contribution in [2.75, 3.05) is 40.0 Å². The molecule has 2 rings (SSSR count). The van der Waals surface area contributed by atoms with Gasteiger partial charge in [0.2, 0.25) is 5.91 Å². The van der Waals surface area contributed by atoms with Crippen molar-refractivity contribution >= 4 is 5.91 Å². The molecular weight excluding hydrogens is 220 g/mol. The number of carbonyl (C=O) groups excluding carboxylic acids is 1. The molecule has 0 aromatic rings. The number of rotatable bonds is 2. The second-order valence-corrected chi connectivity index (χ2v) is 5.41. The van der Waals surface area contributed by atoms with Gasteiger partial charge in [-0.05, 0) is 20.9 Å². The quantitative estimate of drug-likeness (QED) is 0.732. The topological polar surface area (TPSA) is 50.8 Å². The molecule has 2 unspecified atom stereocenters. The molecule has 2 fully saturated rings. The number of hydrogen-bond donors (Lipinski definition) is 1. The number of morpholine rings is 1. The number of ether oxygens (including phenoxy) is 2. The maximum absolute atomic E-state index is 12.4. The maximum atomic E-state index is 12.4. The van der Waals surface area contributed by atoms with Gasteiger partial charge < -0.3 is 19.7 Å². The Balaban J connectivity index is 1.99. The van der Waals surface area contributed by atoms with Crippen LogP contribution in [0.2, 0.25) is 0 Å². The van der Waals surface area contributed by atoms with Crippen LogP contribution in [0.15, 0.2) is 0 Å². The molecule has 5 heteroatoms. The summed E-state index contributed by atoms with van der Waals surface area (Å²) in [7, 11) is 1.88. The fourth-order valence-electron chi connectivity index (χ4n) is 2.52. The first-order chi connectivity index (χ1) is 8.03. The lowest BCUT2D eigenvalue weighted by atomic mass is 10.00. The lowest BCUT2D eigenvalue weighted by molar-refractivity contribution is -0.150. The smallest absolute Gasteiger partial charge is 0.229 e. The monoisotopic (exact) mass is 242 g/mol. The van der Waals surface area contributed by atoms with Crippen LogP contribution in [-0.2, 0) is 14.3 Å². The molecule has 0 aromatic carbocycles. The fraction of sp³-hybridized carbons (Fsp3) is 0.917. The van der Waals surface area contributed by atoms with Gasteiger partial charge in [-0.25, -0.2) is 0 Å². The van der Waals surface area contributed by atoms with Crippen LogP contribution in [0.1, 0.15) is 13.8 Å². The predicted octanol–water partition coefficient (Wildman–Crippen LogP) is -0.142. The summed E-state index contributed by atoms with van der Waals surface area (Å²) in [5, 5.41) is 3.15. The van der Waals surface area contributed by atoms with Gasteiger partial charge in [0, 0.05) is 19.1 Å². The summed E-state index contributed by atoms with van der Waals surface area (Å²) in [6.45, 7) is 7.17. The van der Waals surface area contributed by atoms with Gasteiger partial charge in [-0.1, -0.05) is 0 Å². The highest BCUT2D eigenvalue weighted by molar-refractivity contribution is 5.80. The molecule has 98 valence electrons. The number of nitrogens with zero attached hydrogens (tertiary/aromatic N) is 1. The second-order valence-electron chi connectivity index (χ2n) is 5.41. The van der Waals surface area contributed by atoms with Crippen LogP contribution < -0.4 is 5.32 Å². The van der Waals surface area contributed by atoms with Crippen LogP contribution in [0.5, 0.6) is 0 Å². The molecule has 0 spiro atoms. The standard InChI is InChI=1S/C12H22N2O3/c1-12(2)8-14(4-5-17-12)11(15)9-6-16-7-10(9)13-3/h9-10,13H,4-8H2,1-3H3. The summed E-state index contributed by atoms with van der Waals surface area (Å²) >= 11 is 0. The molecule has 0 bridgehead atoms. The summed E-state index contributed by atoms with van der Waals surface area (Å²) in [5.41, 5.74) is -0.234. The van der Waals surface area contributed by atoms with Crippen molar-refractivity contribution in [2.45, 2.75) is 25.5 Å². The van der Waals surface area contributed by atoms with E-state index in [1.54, 1.807) is 0 Å². The van der Waals surface area contributed by atoms with Crippen molar-refractivity contribution in [2.24, 2.45) is 5.92 Å². The molecule has 2 aliphatic heterocycles. The average Bonchev–Trinajstić information content (AvgIpc) is 2.74. The van der Waals surface area contributed by atoms with E-state index in [2.05, 4.69) is 5.32 Å². The lowest BCUT2D eigenvalue weighted by Gasteiger charge is -2.39. The highest BCUT2D eigenvalue weighted by Crippen LogP contribution is 2.21. The Labute approximate surface area is 102 Å². The van der Waals surface area contributed by atoms with Gasteiger partial charge in [-0.3, -0.25) is 4.79 Å². The van der Waals surface area contributed by atoms with Crippen LogP contribution in [0, 0.1) is 5.92 Å². The van der Waals surface area contributed by atoms with E-state index in [1.165, 1.54) is 0 Å². The van der Waals surface area contributed by atoms with E-state index in [9.17, 15) is 4.79 Å². The number of amides is 1. The molecule has 5 nitrogen and oxygen atoms in total. The summed E-state index contributed by atoms with van der Waals surface area (Å²) in [4.78, 5) is 14.3. The van der Waals surface area contributed by atoms with Crippen molar-refractivity contribution in [3.8, 4) is 0 Å². The Kier molecular flexibility index (Phi) is 3.70. The largest absolute Gasteiger partial charge is 0.379 e. The summed E-state index contributed by atoms with van der Waals surface area (Å²) in [6.07, 6.45) is 0. The maximum Gasteiger partial charge on any atom is 0.229 e. The normalized spacial score (nSPS) is 32.8. The molecule has 17 heavy (non-hydrogen) atoms. The van der Waals surface area contributed by atoms with Gasteiger partial charge in [-0.2, -0.15) is 0 Å². The number of carbonyl (C=O) groups is 1. The van der Waals surface area contributed by atoms with E-state index in [-0.39, 0.29) is 23.5 Å². The summed E-state index contributed by atoms with van der Waals surface area (Å²) < 4.78 is 11.0. The van der Waals surface area contributed by atoms with Crippen LogP contribution in [-0.4, -0.2) is 62.4 Å². The van der Waals surface area contributed by atoms with Crippen molar-refractivity contribution in [3.05, 3.63) is 0 Å². The van der Waals surface area contributed by atoms with Crippen molar-refractivity contribution in [3.63, 3.8) is 0 Å². The molecular formula is C12H22N2O3. The molecule has 0 radical (unpaired) electrons. The molecule has 0 aromatic heterocycles. The zero-order chi connectivity index (χ0) is 12.5. The zero-order valence-electron chi connectivity index (χ0n) is 10.9. The first kappa shape index (κ1) is 12.8. The zero-order valence-corrected chi connectivity index (χ0v) is 10.9. The minimum absolute atomic E-state index is 0.0473. The number of nitrogens with one attached hydrogen (secondary N) is 1. The van der Waals surface area contributed by atoms with Crippen LogP contribution >= 0.6 is 0 Å². The Morgan fingerprint density at radius 1 is 1.41 bits per heavy atom. The Bertz CT molecular complexity index is 293. The van der Waals surface area contributed by atoms with E-state index in [4.69, 9.17) is 9.47 Å². The van der Waals surface area contributed by atoms with E-state index < -0.39 is 0 Å².